The van der Waals surface area contributed by atoms with Gasteiger partial charge in [-0.1, -0.05) is 0 Å². The first-order chi connectivity index (χ1) is 2.50. The molecule has 0 amide bonds. The standard InChI is InChI=1S/C5H5.3CH3.Mn/c1-2-4-5-3-1;;;;/h1-3H,4H2;3*1H3;/q4*-1;. The van der Waals surface area contributed by atoms with Gasteiger partial charge < -0.3 is 22.3 Å². The summed E-state index contributed by atoms with van der Waals surface area (Å²) in [5, 5.41) is 0. The van der Waals surface area contributed by atoms with Crippen molar-refractivity contribution in [2.45, 2.75) is 6.42 Å². The minimum absolute atomic E-state index is 0. The predicted molar refractivity (Wildman–Crippen MR) is 40.8 cm³/mol. The fraction of sp³-hybridized carbons (Fsp3) is 0.125. The summed E-state index contributed by atoms with van der Waals surface area (Å²) < 4.78 is 0. The van der Waals surface area contributed by atoms with Gasteiger partial charge in [0.25, 0.3) is 0 Å². The minimum atomic E-state index is 0. The van der Waals surface area contributed by atoms with Gasteiger partial charge in [-0.3, -0.25) is 6.08 Å². The summed E-state index contributed by atoms with van der Waals surface area (Å²) in [7, 11) is 0. The molecule has 1 heteroatoms. The number of hydrogen-bond donors (Lipinski definition) is 0. The summed E-state index contributed by atoms with van der Waals surface area (Å²) in [6.45, 7) is 0. The van der Waals surface area contributed by atoms with Gasteiger partial charge in [-0.2, -0.15) is 6.08 Å². The molecule has 0 aromatic carbocycles. The van der Waals surface area contributed by atoms with E-state index in [1.165, 1.54) is 0 Å². The van der Waals surface area contributed by atoms with E-state index < -0.39 is 0 Å². The van der Waals surface area contributed by atoms with Crippen molar-refractivity contribution >= 4 is 0 Å². The molecule has 0 atom stereocenters. The van der Waals surface area contributed by atoms with Crippen LogP contribution < -0.4 is 0 Å². The van der Waals surface area contributed by atoms with E-state index in [1.807, 2.05) is 12.2 Å². The maximum atomic E-state index is 2.99. The molecule has 0 nitrogen and oxygen atoms in total. The van der Waals surface area contributed by atoms with E-state index in [9.17, 15) is 0 Å². The van der Waals surface area contributed by atoms with Gasteiger partial charge in [0.1, 0.15) is 0 Å². The zero-order valence-electron chi connectivity index (χ0n) is 6.32. The quantitative estimate of drug-likeness (QED) is 0.382. The topological polar surface area (TPSA) is 0 Å². The molecule has 0 fully saturated rings. The third kappa shape index (κ3) is 11.5. The average molecular weight is 165 g/mol. The van der Waals surface area contributed by atoms with Gasteiger partial charge in [-0.25, -0.2) is 12.2 Å². The van der Waals surface area contributed by atoms with E-state index in [0.717, 1.165) is 6.42 Å². The number of rotatable bonds is 0. The molecule has 57 valence electrons. The van der Waals surface area contributed by atoms with Crippen molar-refractivity contribution < 1.29 is 17.1 Å². The molecule has 0 unspecified atom stereocenters. The Kier molecular flexibility index (Phi) is 40.1. The Labute approximate surface area is 70.5 Å². The van der Waals surface area contributed by atoms with Crippen LogP contribution in [0.1, 0.15) is 6.42 Å². The molecular formula is C8H14Mn-4. The van der Waals surface area contributed by atoms with Crippen LogP contribution in [-0.2, 0) is 17.1 Å². The Morgan fingerprint density at radius 1 is 1.11 bits per heavy atom. The smallest absolute Gasteiger partial charge is 0 e. The second kappa shape index (κ2) is 15.7. The predicted octanol–water partition coefficient (Wildman–Crippen LogP) is 2.65. The summed E-state index contributed by atoms with van der Waals surface area (Å²) >= 11 is 0. The molecule has 0 spiro atoms. The van der Waals surface area contributed by atoms with Crippen molar-refractivity contribution in [1.82, 2.24) is 0 Å². The zero-order chi connectivity index (χ0) is 3.54. The Morgan fingerprint density at radius 3 is 1.78 bits per heavy atom. The van der Waals surface area contributed by atoms with Crippen molar-refractivity contribution in [3.63, 3.8) is 0 Å². The van der Waals surface area contributed by atoms with Crippen LogP contribution in [0.15, 0.2) is 18.2 Å². The summed E-state index contributed by atoms with van der Waals surface area (Å²) in [4.78, 5) is 0. The molecule has 0 bridgehead atoms. The minimum Gasteiger partial charge on any atom is -0.358 e. The Morgan fingerprint density at radius 2 is 1.67 bits per heavy atom. The SMILES string of the molecule is [C-]1=CC=CC1.[CH3-].[CH3-].[CH3-].[Mn]. The molecule has 0 aromatic rings. The molecule has 0 aromatic heterocycles. The summed E-state index contributed by atoms with van der Waals surface area (Å²) in [5.41, 5.74) is 0. The van der Waals surface area contributed by atoms with Crippen molar-refractivity contribution in [1.29, 1.82) is 0 Å². The van der Waals surface area contributed by atoms with Crippen LogP contribution in [0.3, 0.4) is 0 Å². The fourth-order valence-corrected chi connectivity index (χ4v) is 0.340. The Hall–Kier alpha value is -0.000519. The largest absolute Gasteiger partial charge is 0.358 e. The normalized spacial score (nSPS) is 9.78. The maximum absolute atomic E-state index is 2.99. The first kappa shape index (κ1) is 23.0. The average Bonchev–Trinajstić information content (AvgIpc) is 1.76. The van der Waals surface area contributed by atoms with Crippen LogP contribution in [0, 0.1) is 28.4 Å². The van der Waals surface area contributed by atoms with Gasteiger partial charge in [-0.05, 0) is 0 Å². The van der Waals surface area contributed by atoms with Crippen molar-refractivity contribution in [2.24, 2.45) is 0 Å². The van der Waals surface area contributed by atoms with Crippen LogP contribution in [0.4, 0.5) is 0 Å². The molecule has 1 aliphatic carbocycles. The molecule has 0 N–H and O–H groups in total. The van der Waals surface area contributed by atoms with Gasteiger partial charge in [-0.15, -0.1) is 6.42 Å². The van der Waals surface area contributed by atoms with Crippen molar-refractivity contribution in [3.8, 4) is 0 Å². The molecule has 9 heavy (non-hydrogen) atoms. The van der Waals surface area contributed by atoms with E-state index >= 15 is 0 Å². The first-order valence-electron chi connectivity index (χ1n) is 1.72. The van der Waals surface area contributed by atoms with E-state index in [1.54, 1.807) is 0 Å². The summed E-state index contributed by atoms with van der Waals surface area (Å²) in [6, 6.07) is 0. The van der Waals surface area contributed by atoms with Gasteiger partial charge in [0.2, 0.25) is 0 Å². The first-order valence-corrected chi connectivity index (χ1v) is 1.72. The zero-order valence-corrected chi connectivity index (χ0v) is 7.50. The third-order valence-electron chi connectivity index (χ3n) is 0.586. The van der Waals surface area contributed by atoms with Crippen LogP contribution in [0.5, 0.6) is 0 Å². The maximum Gasteiger partial charge on any atom is 0 e. The van der Waals surface area contributed by atoms with Crippen LogP contribution in [0.25, 0.3) is 0 Å². The number of hydrogen-bond acceptors (Lipinski definition) is 0. The second-order valence-electron chi connectivity index (χ2n) is 1.00. The molecule has 0 aliphatic heterocycles. The van der Waals surface area contributed by atoms with Crippen molar-refractivity contribution in [2.75, 3.05) is 0 Å². The van der Waals surface area contributed by atoms with Crippen LogP contribution in [0.2, 0.25) is 0 Å². The molecule has 1 radical (unpaired) electrons. The van der Waals surface area contributed by atoms with E-state index in [0.29, 0.717) is 0 Å². The van der Waals surface area contributed by atoms with Gasteiger partial charge in [0, 0.05) is 17.1 Å². The van der Waals surface area contributed by atoms with E-state index in [-0.39, 0.29) is 39.3 Å². The van der Waals surface area contributed by atoms with Crippen LogP contribution >= 0.6 is 0 Å². The Balaban J connectivity index is -0.0000000312. The molecule has 0 saturated carbocycles. The number of allylic oxidation sites excluding steroid dienone is 4. The molecule has 1 aliphatic rings. The molecule has 0 heterocycles. The molecular weight excluding hydrogens is 151 g/mol. The third-order valence-corrected chi connectivity index (χ3v) is 0.586. The molecule has 1 rings (SSSR count). The summed E-state index contributed by atoms with van der Waals surface area (Å²) in [6.07, 6.45) is 10.0. The van der Waals surface area contributed by atoms with Gasteiger partial charge >= 0.3 is 0 Å². The second-order valence-corrected chi connectivity index (χ2v) is 1.00. The fourth-order valence-electron chi connectivity index (χ4n) is 0.340. The van der Waals surface area contributed by atoms with E-state index in [2.05, 4.69) is 12.2 Å². The van der Waals surface area contributed by atoms with Crippen LogP contribution in [-0.4, -0.2) is 0 Å². The molecule has 0 saturated heterocycles. The van der Waals surface area contributed by atoms with Crippen molar-refractivity contribution in [3.05, 3.63) is 46.6 Å². The van der Waals surface area contributed by atoms with E-state index in [4.69, 9.17) is 0 Å². The monoisotopic (exact) mass is 165 g/mol. The van der Waals surface area contributed by atoms with Gasteiger partial charge in [0.05, 0.1) is 0 Å². The Bertz CT molecular complexity index is 62.6. The summed E-state index contributed by atoms with van der Waals surface area (Å²) in [5.74, 6) is 0. The van der Waals surface area contributed by atoms with Gasteiger partial charge in [0.15, 0.2) is 0 Å².